The van der Waals surface area contributed by atoms with Crippen molar-refractivity contribution in [1.29, 1.82) is 0 Å². The minimum absolute atomic E-state index is 0.0266. The van der Waals surface area contributed by atoms with E-state index < -0.39 is 11.7 Å². The van der Waals surface area contributed by atoms with Gasteiger partial charge in [0.1, 0.15) is 28.5 Å². The van der Waals surface area contributed by atoms with E-state index in [4.69, 9.17) is 9.47 Å². The number of nitrogens with one attached hydrogen (secondary N) is 2. The van der Waals surface area contributed by atoms with Crippen LogP contribution >= 0.6 is 0 Å². The van der Waals surface area contributed by atoms with E-state index in [9.17, 15) is 13.2 Å². The number of benzene rings is 2. The normalized spacial score (nSPS) is 12.7. The van der Waals surface area contributed by atoms with Crippen LogP contribution in [-0.2, 0) is 6.18 Å². The van der Waals surface area contributed by atoms with Crippen molar-refractivity contribution in [2.45, 2.75) is 58.9 Å². The van der Waals surface area contributed by atoms with Crippen LogP contribution in [0.25, 0.3) is 0 Å². The average Bonchev–Trinajstić information content (AvgIpc) is 2.75. The lowest BCUT2D eigenvalue weighted by molar-refractivity contribution is -0.137. The molecular weight excluding hydrogens is 445 g/mol. The van der Waals surface area contributed by atoms with Crippen LogP contribution in [0.15, 0.2) is 54.7 Å². The molecule has 0 spiro atoms. The minimum Gasteiger partial charge on any atom is -0.491 e. The molecule has 2 aromatic carbocycles. The Morgan fingerprint density at radius 1 is 0.882 bits per heavy atom. The van der Waals surface area contributed by atoms with Crippen LogP contribution in [0.2, 0.25) is 0 Å². The predicted molar refractivity (Wildman–Crippen MR) is 127 cm³/mol. The third kappa shape index (κ3) is 7.26. The van der Waals surface area contributed by atoms with Crippen LogP contribution in [0.4, 0.5) is 36.3 Å². The Balaban J connectivity index is 1.80. The van der Waals surface area contributed by atoms with E-state index in [1.54, 1.807) is 48.5 Å². The Hall–Kier alpha value is -3.49. The molecule has 3 aromatic rings. The van der Waals surface area contributed by atoms with Gasteiger partial charge in [-0.1, -0.05) is 6.92 Å². The molecule has 0 aliphatic rings. The van der Waals surface area contributed by atoms with Gasteiger partial charge < -0.3 is 20.1 Å². The molecule has 1 aromatic heterocycles. The first kappa shape index (κ1) is 25.1. The zero-order chi connectivity index (χ0) is 24.9. The number of alkyl halides is 3. The number of anilines is 4. The van der Waals surface area contributed by atoms with E-state index in [-0.39, 0.29) is 23.5 Å². The van der Waals surface area contributed by atoms with E-state index in [1.165, 1.54) is 0 Å². The van der Waals surface area contributed by atoms with Gasteiger partial charge in [-0.3, -0.25) is 0 Å². The second-order valence-corrected chi connectivity index (χ2v) is 8.80. The quantitative estimate of drug-likeness (QED) is 0.356. The summed E-state index contributed by atoms with van der Waals surface area (Å²) in [6.45, 7) is 9.74. The molecule has 1 heterocycles. The fourth-order valence-electron chi connectivity index (χ4n) is 2.90. The summed E-state index contributed by atoms with van der Waals surface area (Å²) in [6, 6.07) is 13.7. The maximum atomic E-state index is 13.6. The van der Waals surface area contributed by atoms with E-state index in [0.717, 1.165) is 12.6 Å². The fourth-order valence-corrected chi connectivity index (χ4v) is 2.90. The van der Waals surface area contributed by atoms with Crippen LogP contribution in [-0.4, -0.2) is 21.7 Å². The van der Waals surface area contributed by atoms with Gasteiger partial charge in [0, 0.05) is 17.6 Å². The van der Waals surface area contributed by atoms with Crippen LogP contribution in [0, 0.1) is 0 Å². The molecule has 0 bridgehead atoms. The fraction of sp³-hybridized carbons (Fsp3) is 0.360. The van der Waals surface area contributed by atoms with E-state index in [1.807, 2.05) is 34.6 Å². The molecule has 2 N–H and O–H groups in total. The summed E-state index contributed by atoms with van der Waals surface area (Å²) in [6.07, 6.45) is -2.90. The van der Waals surface area contributed by atoms with Crippen molar-refractivity contribution in [3.63, 3.8) is 0 Å². The maximum absolute atomic E-state index is 13.6. The van der Waals surface area contributed by atoms with Crippen LogP contribution < -0.4 is 20.1 Å². The van der Waals surface area contributed by atoms with Gasteiger partial charge in [-0.05, 0) is 82.6 Å². The van der Waals surface area contributed by atoms with E-state index >= 15 is 0 Å². The van der Waals surface area contributed by atoms with Gasteiger partial charge in [0.05, 0.1) is 6.10 Å². The van der Waals surface area contributed by atoms with Gasteiger partial charge in [-0.25, -0.2) is 4.98 Å². The highest BCUT2D eigenvalue weighted by Gasteiger charge is 2.35. The summed E-state index contributed by atoms with van der Waals surface area (Å²) in [5.74, 6) is 0.986. The molecule has 9 heteroatoms. The highest BCUT2D eigenvalue weighted by Crippen LogP contribution is 2.35. The number of ether oxygens (including phenoxy) is 2. The van der Waals surface area contributed by atoms with Gasteiger partial charge in [0.15, 0.2) is 0 Å². The van der Waals surface area contributed by atoms with Crippen LogP contribution in [0.1, 0.15) is 46.6 Å². The monoisotopic (exact) mass is 474 g/mol. The van der Waals surface area contributed by atoms with Crippen LogP contribution in [0.3, 0.4) is 0 Å². The number of aromatic nitrogens is 2. The Morgan fingerprint density at radius 3 is 1.97 bits per heavy atom. The maximum Gasteiger partial charge on any atom is 0.421 e. The molecule has 1 unspecified atom stereocenters. The van der Waals surface area contributed by atoms with Gasteiger partial charge in [-0.2, -0.15) is 18.2 Å². The third-order valence-corrected chi connectivity index (χ3v) is 4.66. The molecule has 1 atom stereocenters. The van der Waals surface area contributed by atoms with E-state index in [2.05, 4.69) is 20.6 Å². The Kier molecular flexibility index (Phi) is 7.54. The molecule has 182 valence electrons. The standard InChI is InChI=1S/C25H29F3N4O2/c1-6-16(2)33-19-11-7-18(8-12-19)31-23-29-15-21(25(26,27)28)22(32-23)30-17-9-13-20(14-10-17)34-24(3,4)5/h7-16H,6H2,1-5H3,(H2,29,30,31,32). The van der Waals surface area contributed by atoms with Crippen molar-refractivity contribution in [3.8, 4) is 11.5 Å². The summed E-state index contributed by atoms with van der Waals surface area (Å²) in [7, 11) is 0. The Morgan fingerprint density at radius 2 is 1.44 bits per heavy atom. The molecule has 0 saturated carbocycles. The zero-order valence-corrected chi connectivity index (χ0v) is 19.8. The molecule has 0 radical (unpaired) electrons. The first-order valence-corrected chi connectivity index (χ1v) is 11.0. The number of nitrogens with zero attached hydrogens (tertiary/aromatic N) is 2. The lowest BCUT2D eigenvalue weighted by Gasteiger charge is -2.21. The largest absolute Gasteiger partial charge is 0.491 e. The molecule has 0 aliphatic heterocycles. The number of rotatable bonds is 8. The predicted octanol–water partition coefficient (Wildman–Crippen LogP) is 7.34. The SMILES string of the molecule is CCC(C)Oc1ccc(Nc2ncc(C(F)(F)F)c(Nc3ccc(OC(C)(C)C)cc3)n2)cc1. The summed E-state index contributed by atoms with van der Waals surface area (Å²) in [5.41, 5.74) is -0.302. The lowest BCUT2D eigenvalue weighted by atomic mass is 10.2. The van der Waals surface area contributed by atoms with Gasteiger partial charge >= 0.3 is 6.18 Å². The molecule has 34 heavy (non-hydrogen) atoms. The second-order valence-electron chi connectivity index (χ2n) is 8.80. The van der Waals surface area contributed by atoms with Crippen molar-refractivity contribution < 1.29 is 22.6 Å². The first-order chi connectivity index (χ1) is 15.9. The lowest BCUT2D eigenvalue weighted by Crippen LogP contribution is -2.22. The minimum atomic E-state index is -4.62. The number of halogens is 3. The van der Waals surface area contributed by atoms with E-state index in [0.29, 0.717) is 22.9 Å². The molecular formula is C25H29F3N4O2. The molecule has 0 saturated heterocycles. The van der Waals surface area contributed by atoms with Crippen molar-refractivity contribution in [2.75, 3.05) is 10.6 Å². The van der Waals surface area contributed by atoms with Crippen molar-refractivity contribution >= 4 is 23.1 Å². The summed E-state index contributed by atoms with van der Waals surface area (Å²) >= 11 is 0. The highest BCUT2D eigenvalue weighted by atomic mass is 19.4. The summed E-state index contributed by atoms with van der Waals surface area (Å²) in [5, 5.41) is 5.68. The highest BCUT2D eigenvalue weighted by molar-refractivity contribution is 5.63. The van der Waals surface area contributed by atoms with Crippen molar-refractivity contribution in [3.05, 3.63) is 60.3 Å². The molecule has 6 nitrogen and oxygen atoms in total. The smallest absolute Gasteiger partial charge is 0.421 e. The van der Waals surface area contributed by atoms with Crippen LogP contribution in [0.5, 0.6) is 11.5 Å². The second kappa shape index (κ2) is 10.2. The topological polar surface area (TPSA) is 68.3 Å². The van der Waals surface area contributed by atoms with Gasteiger partial charge in [0.2, 0.25) is 5.95 Å². The Bertz CT molecular complexity index is 1080. The molecule has 3 rings (SSSR count). The van der Waals surface area contributed by atoms with Crippen molar-refractivity contribution in [1.82, 2.24) is 9.97 Å². The number of hydrogen-bond donors (Lipinski definition) is 2. The third-order valence-electron chi connectivity index (χ3n) is 4.66. The molecule has 0 amide bonds. The van der Waals surface area contributed by atoms with Gasteiger partial charge in [-0.15, -0.1) is 0 Å². The van der Waals surface area contributed by atoms with Gasteiger partial charge in [0.25, 0.3) is 0 Å². The first-order valence-electron chi connectivity index (χ1n) is 11.0. The zero-order valence-electron chi connectivity index (χ0n) is 19.8. The summed E-state index contributed by atoms with van der Waals surface area (Å²) in [4.78, 5) is 7.93. The average molecular weight is 475 g/mol. The summed E-state index contributed by atoms with van der Waals surface area (Å²) < 4.78 is 52.2. The molecule has 0 aliphatic carbocycles. The molecule has 0 fully saturated rings. The Labute approximate surface area is 197 Å². The van der Waals surface area contributed by atoms with Crippen molar-refractivity contribution in [2.24, 2.45) is 0 Å². The number of hydrogen-bond acceptors (Lipinski definition) is 6.